The van der Waals surface area contributed by atoms with Crippen LogP contribution < -0.4 is 5.32 Å². The minimum Gasteiger partial charge on any atom is -0.313 e. The van der Waals surface area contributed by atoms with Gasteiger partial charge in [-0.15, -0.1) is 0 Å². The molecule has 1 aliphatic rings. The molecule has 0 radical (unpaired) electrons. The lowest BCUT2D eigenvalue weighted by Crippen LogP contribution is -2.24. The molecule has 5 rings (SSSR count). The van der Waals surface area contributed by atoms with E-state index in [4.69, 9.17) is 0 Å². The summed E-state index contributed by atoms with van der Waals surface area (Å²) in [5.74, 6) is 0. The van der Waals surface area contributed by atoms with Gasteiger partial charge in [-0.1, -0.05) is 18.2 Å². The number of hydrogen-bond acceptors (Lipinski definition) is 2. The molecule has 0 bridgehead atoms. The molecular weight excluding hydrogens is 332 g/mol. The molecule has 0 spiro atoms. The number of aryl methyl sites for hydroxylation is 3. The molecule has 0 fully saturated rings. The number of rotatable bonds is 2. The quantitative estimate of drug-likeness (QED) is 0.581. The van der Waals surface area contributed by atoms with E-state index in [1.54, 1.807) is 0 Å². The van der Waals surface area contributed by atoms with E-state index in [0.29, 0.717) is 0 Å². The fourth-order valence-corrected chi connectivity index (χ4v) is 4.36. The van der Waals surface area contributed by atoms with Gasteiger partial charge >= 0.3 is 0 Å². The van der Waals surface area contributed by atoms with Gasteiger partial charge in [0, 0.05) is 55.1 Å². The minimum absolute atomic E-state index is 0.950. The molecule has 0 saturated heterocycles. The lowest BCUT2D eigenvalue weighted by molar-refractivity contribution is 0.631. The van der Waals surface area contributed by atoms with Crippen molar-refractivity contribution in [1.82, 2.24) is 19.7 Å². The average Bonchev–Trinajstić information content (AvgIpc) is 3.26. The first-order chi connectivity index (χ1) is 13.1. The number of nitrogens with zero attached hydrogens (tertiary/aromatic N) is 3. The van der Waals surface area contributed by atoms with Crippen LogP contribution >= 0.6 is 0 Å². The average molecular weight is 356 g/mol. The van der Waals surface area contributed by atoms with Gasteiger partial charge in [0.15, 0.2) is 0 Å². The molecule has 0 unspecified atom stereocenters. The van der Waals surface area contributed by atoms with Crippen molar-refractivity contribution in [1.29, 1.82) is 0 Å². The summed E-state index contributed by atoms with van der Waals surface area (Å²) in [5.41, 5.74) is 10.6. The Hall–Kier alpha value is -2.85. The van der Waals surface area contributed by atoms with Crippen LogP contribution in [0.5, 0.6) is 0 Å². The maximum Gasteiger partial charge on any atom is 0.0568 e. The van der Waals surface area contributed by atoms with E-state index in [-0.39, 0.29) is 0 Å². The van der Waals surface area contributed by atoms with Crippen molar-refractivity contribution in [2.45, 2.75) is 26.8 Å². The van der Waals surface area contributed by atoms with Gasteiger partial charge in [0.2, 0.25) is 0 Å². The maximum absolute atomic E-state index is 4.33. The van der Waals surface area contributed by atoms with Crippen LogP contribution in [0.3, 0.4) is 0 Å². The number of hydrogen-bond donors (Lipinski definition) is 1. The fraction of sp³-hybridized carbons (Fsp3) is 0.261. The van der Waals surface area contributed by atoms with Gasteiger partial charge in [-0.3, -0.25) is 4.68 Å². The van der Waals surface area contributed by atoms with Crippen LogP contribution in [0.15, 0.2) is 48.8 Å². The maximum atomic E-state index is 4.33. The zero-order chi connectivity index (χ0) is 18.5. The van der Waals surface area contributed by atoms with Crippen LogP contribution in [0.4, 0.5) is 0 Å². The second kappa shape index (κ2) is 6.10. The lowest BCUT2D eigenvalue weighted by atomic mass is 9.99. The summed E-state index contributed by atoms with van der Waals surface area (Å²) in [6.07, 6.45) is 5.05. The van der Waals surface area contributed by atoms with Gasteiger partial charge in [0.25, 0.3) is 0 Å². The summed E-state index contributed by atoms with van der Waals surface area (Å²) >= 11 is 0. The SMILES string of the molecule is Cc1ccc2c(c1C)c1c(n2-c2cccc(-c3cnn(C)c3)c2)CCNC1. The Bertz CT molecular complexity index is 1160. The third-order valence-corrected chi connectivity index (χ3v) is 5.86. The summed E-state index contributed by atoms with van der Waals surface area (Å²) in [6, 6.07) is 13.4. The molecule has 2 aromatic heterocycles. The minimum atomic E-state index is 0.950. The van der Waals surface area contributed by atoms with Crippen LogP contribution in [0, 0.1) is 13.8 Å². The number of fused-ring (bicyclic) bond motifs is 3. The van der Waals surface area contributed by atoms with E-state index in [1.165, 1.54) is 44.5 Å². The number of benzene rings is 2. The second-order valence-electron chi connectivity index (χ2n) is 7.54. The topological polar surface area (TPSA) is 34.8 Å². The Morgan fingerprint density at radius 3 is 2.78 bits per heavy atom. The molecule has 4 nitrogen and oxygen atoms in total. The van der Waals surface area contributed by atoms with Gasteiger partial charge in [-0.2, -0.15) is 5.10 Å². The van der Waals surface area contributed by atoms with Crippen LogP contribution in [0.25, 0.3) is 27.7 Å². The predicted octanol–water partition coefficient (Wildman–Crippen LogP) is 4.29. The van der Waals surface area contributed by atoms with E-state index >= 15 is 0 Å². The zero-order valence-corrected chi connectivity index (χ0v) is 16.1. The summed E-state index contributed by atoms with van der Waals surface area (Å²) in [4.78, 5) is 0. The van der Waals surface area contributed by atoms with E-state index in [1.807, 2.05) is 17.9 Å². The van der Waals surface area contributed by atoms with Crippen molar-refractivity contribution in [3.8, 4) is 16.8 Å². The highest BCUT2D eigenvalue weighted by Gasteiger charge is 2.22. The Morgan fingerprint density at radius 2 is 1.96 bits per heavy atom. The first-order valence-electron chi connectivity index (χ1n) is 9.56. The van der Waals surface area contributed by atoms with E-state index in [0.717, 1.165) is 25.1 Å². The van der Waals surface area contributed by atoms with Gasteiger partial charge in [0.1, 0.15) is 0 Å². The third-order valence-electron chi connectivity index (χ3n) is 5.86. The van der Waals surface area contributed by atoms with Gasteiger partial charge in [-0.25, -0.2) is 0 Å². The summed E-state index contributed by atoms with van der Waals surface area (Å²) < 4.78 is 4.32. The first kappa shape index (κ1) is 16.3. The summed E-state index contributed by atoms with van der Waals surface area (Å²) in [7, 11) is 1.96. The predicted molar refractivity (Wildman–Crippen MR) is 110 cm³/mol. The molecule has 2 aromatic carbocycles. The van der Waals surface area contributed by atoms with Crippen molar-refractivity contribution in [2.75, 3.05) is 6.54 Å². The van der Waals surface area contributed by atoms with Crippen molar-refractivity contribution in [3.63, 3.8) is 0 Å². The molecule has 27 heavy (non-hydrogen) atoms. The Labute approximate surface area is 159 Å². The first-order valence-corrected chi connectivity index (χ1v) is 9.56. The number of nitrogens with one attached hydrogen (secondary N) is 1. The standard InChI is InChI=1S/C23H24N4/c1-15-7-8-22-23(16(15)2)20-13-24-10-9-21(20)27(22)19-6-4-5-17(11-19)18-12-25-26(3)14-18/h4-8,11-12,14,24H,9-10,13H2,1-3H3. The molecule has 1 N–H and O–H groups in total. The third kappa shape index (κ3) is 2.52. The van der Waals surface area contributed by atoms with E-state index in [2.05, 4.69) is 71.4 Å². The van der Waals surface area contributed by atoms with Crippen LogP contribution in [0.1, 0.15) is 22.4 Å². The number of aromatic nitrogens is 3. The van der Waals surface area contributed by atoms with E-state index < -0.39 is 0 Å². The molecular formula is C23H24N4. The monoisotopic (exact) mass is 356 g/mol. The Balaban J connectivity index is 1.78. The highest BCUT2D eigenvalue weighted by atomic mass is 15.2. The van der Waals surface area contributed by atoms with Crippen LogP contribution in [0.2, 0.25) is 0 Å². The Morgan fingerprint density at radius 1 is 1.07 bits per heavy atom. The molecule has 4 aromatic rings. The highest BCUT2D eigenvalue weighted by molar-refractivity contribution is 5.91. The van der Waals surface area contributed by atoms with Gasteiger partial charge < -0.3 is 9.88 Å². The van der Waals surface area contributed by atoms with Crippen molar-refractivity contribution in [2.24, 2.45) is 7.05 Å². The van der Waals surface area contributed by atoms with Crippen molar-refractivity contribution in [3.05, 3.63) is 71.2 Å². The second-order valence-corrected chi connectivity index (χ2v) is 7.54. The van der Waals surface area contributed by atoms with Crippen molar-refractivity contribution >= 4 is 10.9 Å². The molecule has 0 amide bonds. The fourth-order valence-electron chi connectivity index (χ4n) is 4.36. The Kier molecular flexibility index (Phi) is 3.69. The van der Waals surface area contributed by atoms with Crippen LogP contribution in [-0.4, -0.2) is 20.9 Å². The summed E-state index contributed by atoms with van der Waals surface area (Å²) in [6.45, 7) is 6.44. The molecule has 1 aliphatic heterocycles. The molecule has 0 saturated carbocycles. The molecule has 0 atom stereocenters. The molecule has 136 valence electrons. The van der Waals surface area contributed by atoms with Gasteiger partial charge in [-0.05, 0) is 54.3 Å². The highest BCUT2D eigenvalue weighted by Crippen LogP contribution is 2.35. The lowest BCUT2D eigenvalue weighted by Gasteiger charge is -2.17. The normalized spacial score (nSPS) is 13.9. The van der Waals surface area contributed by atoms with Crippen molar-refractivity contribution < 1.29 is 0 Å². The molecule has 4 heteroatoms. The van der Waals surface area contributed by atoms with Crippen LogP contribution in [-0.2, 0) is 20.0 Å². The van der Waals surface area contributed by atoms with Gasteiger partial charge in [0.05, 0.1) is 11.7 Å². The van der Waals surface area contributed by atoms with E-state index in [9.17, 15) is 0 Å². The summed E-state index contributed by atoms with van der Waals surface area (Å²) in [5, 5.41) is 9.31. The smallest absolute Gasteiger partial charge is 0.0568 e. The molecule has 0 aliphatic carbocycles. The molecule has 3 heterocycles. The zero-order valence-electron chi connectivity index (χ0n) is 16.1. The largest absolute Gasteiger partial charge is 0.313 e.